The van der Waals surface area contributed by atoms with Crippen LogP contribution in [-0.2, 0) is 5.41 Å². The van der Waals surface area contributed by atoms with Crippen molar-refractivity contribution >= 4 is 40.7 Å². The molecule has 4 heterocycles. The number of rotatable bonds is 2. The lowest BCUT2D eigenvalue weighted by Gasteiger charge is -2.40. The van der Waals surface area contributed by atoms with Crippen LogP contribution < -0.4 is 4.90 Å². The molecule has 0 radical (unpaired) electrons. The van der Waals surface area contributed by atoms with Crippen LogP contribution in [0, 0.1) is 0 Å². The first kappa shape index (κ1) is 19.9. The van der Waals surface area contributed by atoms with Crippen molar-refractivity contribution in [3.05, 3.63) is 103 Å². The number of hydrogen-bond acceptors (Lipinski definition) is 5. The van der Waals surface area contributed by atoms with Gasteiger partial charge in [-0.2, -0.15) is 0 Å². The van der Waals surface area contributed by atoms with Gasteiger partial charge in [-0.25, -0.2) is 9.97 Å². The minimum Gasteiger partial charge on any atom is -0.293 e. The van der Waals surface area contributed by atoms with Crippen LogP contribution in [0.4, 0.5) is 17.2 Å². The second-order valence-corrected chi connectivity index (χ2v) is 9.28. The molecule has 6 rings (SSSR count). The van der Waals surface area contributed by atoms with Crippen LogP contribution in [0.25, 0.3) is 22.2 Å². The van der Waals surface area contributed by atoms with Crippen LogP contribution in [0.5, 0.6) is 0 Å². The SMILES string of the molecule is CC1(C)c2ccccc2N(c2ccccn2)c2cc(-c3ccc4cccc(S)c4n3)cnc21. The van der Waals surface area contributed by atoms with Crippen molar-refractivity contribution in [1.29, 1.82) is 0 Å². The molecule has 5 heteroatoms. The van der Waals surface area contributed by atoms with Crippen molar-refractivity contribution in [2.24, 2.45) is 0 Å². The monoisotopic (exact) mass is 446 g/mol. The second-order valence-electron chi connectivity index (χ2n) is 8.80. The molecule has 5 aromatic rings. The van der Waals surface area contributed by atoms with Gasteiger partial charge in [0.05, 0.1) is 28.3 Å². The zero-order valence-electron chi connectivity index (χ0n) is 18.4. The third-order valence-electron chi connectivity index (χ3n) is 6.39. The van der Waals surface area contributed by atoms with Crippen LogP contribution in [0.2, 0.25) is 0 Å². The fraction of sp³-hybridized carbons (Fsp3) is 0.107. The van der Waals surface area contributed by atoms with E-state index in [1.165, 1.54) is 5.56 Å². The molecule has 0 saturated heterocycles. The van der Waals surface area contributed by atoms with Gasteiger partial charge < -0.3 is 0 Å². The second kappa shape index (κ2) is 7.42. The molecule has 0 unspecified atom stereocenters. The molecule has 0 spiro atoms. The van der Waals surface area contributed by atoms with E-state index in [-0.39, 0.29) is 5.41 Å². The Kier molecular flexibility index (Phi) is 4.49. The standard InChI is InChI=1S/C28H22N4S/c1-28(2)20-9-3-4-10-22(20)32(25-12-5-6-15-29-25)23-16-19(17-30-27(23)28)21-14-13-18-8-7-11-24(33)26(18)31-21/h3-17,33H,1-2H3. The maximum absolute atomic E-state index is 5.00. The quantitative estimate of drug-likeness (QED) is 0.294. The summed E-state index contributed by atoms with van der Waals surface area (Å²) in [5, 5.41) is 1.07. The highest BCUT2D eigenvalue weighted by atomic mass is 32.1. The minimum absolute atomic E-state index is 0.245. The van der Waals surface area contributed by atoms with E-state index in [1.54, 1.807) is 0 Å². The van der Waals surface area contributed by atoms with Crippen molar-refractivity contribution in [2.75, 3.05) is 4.90 Å². The number of hydrogen-bond donors (Lipinski definition) is 1. The molecule has 0 bridgehead atoms. The lowest BCUT2D eigenvalue weighted by Crippen LogP contribution is -2.32. The van der Waals surface area contributed by atoms with Gasteiger partial charge in [0.15, 0.2) is 0 Å². The Morgan fingerprint density at radius 3 is 2.52 bits per heavy atom. The average Bonchev–Trinajstić information content (AvgIpc) is 2.85. The number of pyridine rings is 3. The van der Waals surface area contributed by atoms with E-state index in [0.29, 0.717) is 0 Å². The first-order valence-electron chi connectivity index (χ1n) is 10.9. The van der Waals surface area contributed by atoms with E-state index >= 15 is 0 Å². The third-order valence-corrected chi connectivity index (χ3v) is 6.75. The van der Waals surface area contributed by atoms with Gasteiger partial charge in [-0.15, -0.1) is 12.6 Å². The van der Waals surface area contributed by atoms with Crippen LogP contribution in [0.15, 0.2) is 96.2 Å². The molecule has 0 amide bonds. The van der Waals surface area contributed by atoms with Gasteiger partial charge in [0, 0.05) is 33.7 Å². The fourth-order valence-electron chi connectivity index (χ4n) is 4.72. The normalized spacial score (nSPS) is 14.1. The molecule has 33 heavy (non-hydrogen) atoms. The Bertz CT molecular complexity index is 1510. The Hall–Kier alpha value is -3.70. The van der Waals surface area contributed by atoms with Gasteiger partial charge in [0.1, 0.15) is 5.82 Å². The summed E-state index contributed by atoms with van der Waals surface area (Å²) in [4.78, 5) is 17.7. The van der Waals surface area contributed by atoms with Gasteiger partial charge >= 0.3 is 0 Å². The van der Waals surface area contributed by atoms with Crippen molar-refractivity contribution in [1.82, 2.24) is 15.0 Å². The summed E-state index contributed by atoms with van der Waals surface area (Å²) < 4.78 is 0. The molecule has 0 atom stereocenters. The predicted octanol–water partition coefficient (Wildman–Crippen LogP) is 7.09. The molecule has 160 valence electrons. The van der Waals surface area contributed by atoms with E-state index < -0.39 is 0 Å². The first-order chi connectivity index (χ1) is 16.0. The molecule has 0 fully saturated rings. The Morgan fingerprint density at radius 2 is 1.67 bits per heavy atom. The molecule has 0 aliphatic carbocycles. The van der Waals surface area contributed by atoms with E-state index in [9.17, 15) is 0 Å². The molecule has 3 aromatic heterocycles. The average molecular weight is 447 g/mol. The predicted molar refractivity (Wildman–Crippen MR) is 137 cm³/mol. The number of fused-ring (bicyclic) bond motifs is 3. The van der Waals surface area contributed by atoms with E-state index in [0.717, 1.165) is 49.9 Å². The lowest BCUT2D eigenvalue weighted by molar-refractivity contribution is 0.608. The number of aromatic nitrogens is 3. The number of thiol groups is 1. The number of nitrogens with zero attached hydrogens (tertiary/aromatic N) is 4. The van der Waals surface area contributed by atoms with E-state index in [4.69, 9.17) is 9.97 Å². The summed E-state index contributed by atoms with van der Waals surface area (Å²) in [6.07, 6.45) is 3.76. The Balaban J connectivity index is 1.59. The molecular weight excluding hydrogens is 424 g/mol. The number of anilines is 3. The van der Waals surface area contributed by atoms with E-state index in [1.807, 2.05) is 48.8 Å². The molecule has 0 saturated carbocycles. The molecule has 1 aliphatic rings. The maximum Gasteiger partial charge on any atom is 0.137 e. The summed E-state index contributed by atoms with van der Waals surface area (Å²) in [5.74, 6) is 0.866. The van der Waals surface area contributed by atoms with Crippen molar-refractivity contribution in [3.8, 4) is 11.3 Å². The van der Waals surface area contributed by atoms with Crippen molar-refractivity contribution < 1.29 is 0 Å². The number of para-hydroxylation sites is 2. The smallest absolute Gasteiger partial charge is 0.137 e. The van der Waals surface area contributed by atoms with E-state index in [2.05, 4.69) is 78.8 Å². The molecule has 0 N–H and O–H groups in total. The molecular formula is C28H22N4S. The van der Waals surface area contributed by atoms with Gasteiger partial charge in [-0.05, 0) is 55.8 Å². The zero-order chi connectivity index (χ0) is 22.6. The van der Waals surface area contributed by atoms with Crippen LogP contribution in [0.3, 0.4) is 0 Å². The summed E-state index contributed by atoms with van der Waals surface area (Å²) in [6, 6.07) is 26.8. The summed E-state index contributed by atoms with van der Waals surface area (Å²) >= 11 is 4.61. The summed E-state index contributed by atoms with van der Waals surface area (Å²) in [5.41, 5.74) is 6.87. The van der Waals surface area contributed by atoms with Gasteiger partial charge in [0.2, 0.25) is 0 Å². The van der Waals surface area contributed by atoms with Crippen LogP contribution in [-0.4, -0.2) is 15.0 Å². The van der Waals surface area contributed by atoms with Gasteiger partial charge in [-0.3, -0.25) is 9.88 Å². The third kappa shape index (κ3) is 3.11. The number of benzene rings is 2. The van der Waals surface area contributed by atoms with Crippen molar-refractivity contribution in [3.63, 3.8) is 0 Å². The topological polar surface area (TPSA) is 41.9 Å². The summed E-state index contributed by atoms with van der Waals surface area (Å²) in [6.45, 7) is 4.46. The van der Waals surface area contributed by atoms with Crippen LogP contribution >= 0.6 is 12.6 Å². The Morgan fingerprint density at radius 1 is 0.818 bits per heavy atom. The minimum atomic E-state index is -0.245. The highest BCUT2D eigenvalue weighted by Gasteiger charge is 2.38. The summed E-state index contributed by atoms with van der Waals surface area (Å²) in [7, 11) is 0. The highest BCUT2D eigenvalue weighted by molar-refractivity contribution is 7.80. The van der Waals surface area contributed by atoms with Gasteiger partial charge in [-0.1, -0.05) is 42.5 Å². The zero-order valence-corrected chi connectivity index (χ0v) is 19.3. The lowest BCUT2D eigenvalue weighted by atomic mass is 9.76. The Labute approximate surface area is 198 Å². The first-order valence-corrected chi connectivity index (χ1v) is 11.4. The van der Waals surface area contributed by atoms with Crippen LogP contribution in [0.1, 0.15) is 25.1 Å². The largest absolute Gasteiger partial charge is 0.293 e. The van der Waals surface area contributed by atoms with Crippen molar-refractivity contribution in [2.45, 2.75) is 24.2 Å². The maximum atomic E-state index is 5.00. The molecule has 2 aromatic carbocycles. The molecule has 1 aliphatic heterocycles. The highest BCUT2D eigenvalue weighted by Crippen LogP contribution is 2.51. The van der Waals surface area contributed by atoms with Gasteiger partial charge in [0.25, 0.3) is 0 Å². The molecule has 4 nitrogen and oxygen atoms in total. The fourth-order valence-corrected chi connectivity index (χ4v) is 4.99.